The molecular weight excluding hydrogens is 206 g/mol. The first-order chi connectivity index (χ1) is 7.67. The standard InChI is InChI=1S/C12H15NO3/c1-4-5-10-6-7-11(12(8-10)15-3)16-13-9(2)14/h4,6-8H,1,5H2,2-3H3,(H,13,14). The maximum atomic E-state index is 10.7. The van der Waals surface area contributed by atoms with Gasteiger partial charge in [0, 0.05) is 6.92 Å². The predicted molar refractivity (Wildman–Crippen MR) is 61.3 cm³/mol. The van der Waals surface area contributed by atoms with E-state index in [4.69, 9.17) is 9.57 Å². The Labute approximate surface area is 94.8 Å². The van der Waals surface area contributed by atoms with Crippen LogP contribution in [0.15, 0.2) is 30.9 Å². The fourth-order valence-corrected chi connectivity index (χ4v) is 1.22. The first-order valence-corrected chi connectivity index (χ1v) is 4.88. The SMILES string of the molecule is C=CCc1ccc(ONC(C)=O)c(OC)c1. The van der Waals surface area contributed by atoms with Crippen LogP contribution in [0.5, 0.6) is 11.5 Å². The summed E-state index contributed by atoms with van der Waals surface area (Å²) in [4.78, 5) is 15.8. The summed E-state index contributed by atoms with van der Waals surface area (Å²) in [5.74, 6) is 0.788. The van der Waals surface area contributed by atoms with Crippen molar-refractivity contribution < 1.29 is 14.4 Å². The van der Waals surface area contributed by atoms with Crippen molar-refractivity contribution >= 4 is 5.91 Å². The highest BCUT2D eigenvalue weighted by atomic mass is 16.7. The average molecular weight is 221 g/mol. The highest BCUT2D eigenvalue weighted by molar-refractivity contribution is 5.71. The maximum Gasteiger partial charge on any atom is 0.249 e. The van der Waals surface area contributed by atoms with Crippen LogP contribution in [0.4, 0.5) is 0 Å². The summed E-state index contributed by atoms with van der Waals surface area (Å²) in [6, 6.07) is 5.48. The summed E-state index contributed by atoms with van der Waals surface area (Å²) in [5, 5.41) is 0. The summed E-state index contributed by atoms with van der Waals surface area (Å²) < 4.78 is 5.15. The van der Waals surface area contributed by atoms with Gasteiger partial charge in [-0.15, -0.1) is 6.58 Å². The van der Waals surface area contributed by atoms with Crippen LogP contribution in [-0.2, 0) is 11.2 Å². The molecule has 0 aromatic heterocycles. The number of carbonyl (C=O) groups is 1. The van der Waals surface area contributed by atoms with Crippen LogP contribution in [0.2, 0.25) is 0 Å². The molecule has 1 aromatic rings. The number of nitrogens with one attached hydrogen (secondary N) is 1. The number of ether oxygens (including phenoxy) is 1. The zero-order chi connectivity index (χ0) is 12.0. The smallest absolute Gasteiger partial charge is 0.249 e. The molecule has 1 N–H and O–H groups in total. The number of hydroxylamine groups is 1. The normalized spacial score (nSPS) is 9.38. The number of carbonyl (C=O) groups excluding carboxylic acids is 1. The van der Waals surface area contributed by atoms with E-state index in [2.05, 4.69) is 12.1 Å². The lowest BCUT2D eigenvalue weighted by molar-refractivity contribution is -0.125. The fraction of sp³-hybridized carbons (Fsp3) is 0.250. The third-order valence-electron chi connectivity index (χ3n) is 1.91. The minimum absolute atomic E-state index is 0.266. The Morgan fingerprint density at radius 1 is 1.50 bits per heavy atom. The summed E-state index contributed by atoms with van der Waals surface area (Å²) in [6.07, 6.45) is 2.57. The predicted octanol–water partition coefficient (Wildman–Crippen LogP) is 1.85. The summed E-state index contributed by atoms with van der Waals surface area (Å²) in [6.45, 7) is 5.04. The van der Waals surface area contributed by atoms with E-state index in [1.807, 2.05) is 18.2 Å². The van der Waals surface area contributed by atoms with Crippen molar-refractivity contribution in [3.63, 3.8) is 0 Å². The molecule has 0 atom stereocenters. The Kier molecular flexibility index (Phi) is 4.39. The van der Waals surface area contributed by atoms with Crippen molar-refractivity contribution in [1.29, 1.82) is 0 Å². The van der Waals surface area contributed by atoms with E-state index in [-0.39, 0.29) is 5.91 Å². The molecule has 1 aromatic carbocycles. The van der Waals surface area contributed by atoms with Gasteiger partial charge in [-0.25, -0.2) is 0 Å². The number of benzene rings is 1. The number of allylic oxidation sites excluding steroid dienone is 1. The monoisotopic (exact) mass is 221 g/mol. The molecule has 1 rings (SSSR count). The van der Waals surface area contributed by atoms with Crippen LogP contribution in [0.25, 0.3) is 0 Å². The molecule has 0 saturated carbocycles. The summed E-state index contributed by atoms with van der Waals surface area (Å²) >= 11 is 0. The quantitative estimate of drug-likeness (QED) is 0.609. The van der Waals surface area contributed by atoms with Gasteiger partial charge in [-0.2, -0.15) is 5.48 Å². The number of methoxy groups -OCH3 is 1. The van der Waals surface area contributed by atoms with Crippen molar-refractivity contribution in [1.82, 2.24) is 5.48 Å². The largest absolute Gasteiger partial charge is 0.493 e. The van der Waals surface area contributed by atoms with E-state index in [0.29, 0.717) is 11.5 Å². The Morgan fingerprint density at radius 3 is 2.81 bits per heavy atom. The third-order valence-corrected chi connectivity index (χ3v) is 1.91. The minimum Gasteiger partial charge on any atom is -0.493 e. The molecule has 0 bridgehead atoms. The van der Waals surface area contributed by atoms with Gasteiger partial charge >= 0.3 is 0 Å². The first kappa shape index (κ1) is 12.1. The van der Waals surface area contributed by atoms with Crippen molar-refractivity contribution in [2.24, 2.45) is 0 Å². The molecule has 0 aliphatic carbocycles. The first-order valence-electron chi connectivity index (χ1n) is 4.88. The van der Waals surface area contributed by atoms with E-state index < -0.39 is 0 Å². The van der Waals surface area contributed by atoms with Gasteiger partial charge in [-0.3, -0.25) is 4.79 Å². The molecule has 16 heavy (non-hydrogen) atoms. The van der Waals surface area contributed by atoms with Crippen molar-refractivity contribution in [2.45, 2.75) is 13.3 Å². The van der Waals surface area contributed by atoms with E-state index in [0.717, 1.165) is 12.0 Å². The Balaban J connectivity index is 2.83. The second-order valence-corrected chi connectivity index (χ2v) is 3.24. The molecule has 0 fully saturated rings. The van der Waals surface area contributed by atoms with Gasteiger partial charge in [0.2, 0.25) is 5.91 Å². The van der Waals surface area contributed by atoms with E-state index in [9.17, 15) is 4.79 Å². The van der Waals surface area contributed by atoms with Crippen LogP contribution in [0.3, 0.4) is 0 Å². The third kappa shape index (κ3) is 3.31. The molecule has 0 spiro atoms. The van der Waals surface area contributed by atoms with Crippen LogP contribution in [-0.4, -0.2) is 13.0 Å². The van der Waals surface area contributed by atoms with Gasteiger partial charge in [-0.05, 0) is 24.1 Å². The topological polar surface area (TPSA) is 47.6 Å². The number of hydrogen-bond donors (Lipinski definition) is 1. The van der Waals surface area contributed by atoms with E-state index >= 15 is 0 Å². The maximum absolute atomic E-state index is 10.7. The van der Waals surface area contributed by atoms with Crippen LogP contribution >= 0.6 is 0 Å². The number of hydrogen-bond acceptors (Lipinski definition) is 3. The van der Waals surface area contributed by atoms with Gasteiger partial charge in [0.05, 0.1) is 7.11 Å². The zero-order valence-corrected chi connectivity index (χ0v) is 9.45. The Hall–Kier alpha value is -1.97. The molecule has 0 radical (unpaired) electrons. The molecule has 0 aliphatic heterocycles. The van der Waals surface area contributed by atoms with Crippen molar-refractivity contribution in [3.8, 4) is 11.5 Å². The van der Waals surface area contributed by atoms with Gasteiger partial charge in [0.15, 0.2) is 11.5 Å². The van der Waals surface area contributed by atoms with E-state index in [1.54, 1.807) is 13.2 Å². The second kappa shape index (κ2) is 5.80. The van der Waals surface area contributed by atoms with Gasteiger partial charge in [0.25, 0.3) is 0 Å². The average Bonchev–Trinajstić information content (AvgIpc) is 2.27. The molecule has 0 heterocycles. The van der Waals surface area contributed by atoms with Crippen molar-refractivity contribution in [3.05, 3.63) is 36.4 Å². The molecule has 0 saturated heterocycles. The Morgan fingerprint density at radius 2 is 2.25 bits per heavy atom. The van der Waals surface area contributed by atoms with Crippen molar-refractivity contribution in [2.75, 3.05) is 7.11 Å². The van der Waals surface area contributed by atoms with E-state index in [1.165, 1.54) is 6.92 Å². The number of rotatable bonds is 5. The zero-order valence-electron chi connectivity index (χ0n) is 9.45. The summed E-state index contributed by atoms with van der Waals surface area (Å²) in [5.41, 5.74) is 3.32. The van der Waals surface area contributed by atoms with Crippen LogP contribution in [0.1, 0.15) is 12.5 Å². The highest BCUT2D eigenvalue weighted by Crippen LogP contribution is 2.27. The minimum atomic E-state index is -0.266. The molecule has 0 unspecified atom stereocenters. The lowest BCUT2D eigenvalue weighted by atomic mass is 10.1. The number of amides is 1. The van der Waals surface area contributed by atoms with Crippen LogP contribution in [0, 0.1) is 0 Å². The van der Waals surface area contributed by atoms with Crippen LogP contribution < -0.4 is 15.1 Å². The molecule has 4 heteroatoms. The summed E-state index contributed by atoms with van der Waals surface area (Å²) in [7, 11) is 1.55. The molecule has 0 aliphatic rings. The molecular formula is C12H15NO3. The second-order valence-electron chi connectivity index (χ2n) is 3.24. The van der Waals surface area contributed by atoms with Gasteiger partial charge in [0.1, 0.15) is 0 Å². The highest BCUT2D eigenvalue weighted by Gasteiger charge is 2.06. The fourth-order valence-electron chi connectivity index (χ4n) is 1.22. The molecule has 4 nitrogen and oxygen atoms in total. The Bertz CT molecular complexity index is 388. The van der Waals surface area contributed by atoms with Gasteiger partial charge in [-0.1, -0.05) is 12.1 Å². The van der Waals surface area contributed by atoms with Gasteiger partial charge < -0.3 is 9.57 Å². The lowest BCUT2D eigenvalue weighted by Crippen LogP contribution is -2.23. The molecule has 1 amide bonds. The molecule has 86 valence electrons. The lowest BCUT2D eigenvalue weighted by Gasteiger charge is -2.10.